The number of aryl methyl sites for hydroxylation is 1. The summed E-state index contributed by atoms with van der Waals surface area (Å²) in [5.41, 5.74) is 0.0997. The monoisotopic (exact) mass is 235 g/mol. The lowest BCUT2D eigenvalue weighted by molar-refractivity contribution is -0.153. The van der Waals surface area contributed by atoms with Crippen molar-refractivity contribution in [3.8, 4) is 0 Å². The van der Waals surface area contributed by atoms with Crippen LogP contribution in [0.15, 0.2) is 12.3 Å². The van der Waals surface area contributed by atoms with Gasteiger partial charge in [0.05, 0.1) is 0 Å². The van der Waals surface area contributed by atoms with Gasteiger partial charge >= 0.3 is 6.18 Å². The van der Waals surface area contributed by atoms with E-state index in [-0.39, 0.29) is 12.1 Å². The molecule has 4 nitrogen and oxygen atoms in total. The number of hydrogen-bond donors (Lipinski definition) is 1. The second-order valence-corrected chi connectivity index (χ2v) is 3.32. The molecule has 90 valence electrons. The van der Waals surface area contributed by atoms with Gasteiger partial charge in [0.1, 0.15) is 11.7 Å². The first-order valence-corrected chi connectivity index (χ1v) is 4.71. The highest BCUT2D eigenvalue weighted by molar-refractivity contribution is 5.92. The standard InChI is InChI=1S/C9H12F3N3O/c1-3-7(9(10,11)12)14-8(16)6-4-5-13-15(6)2/h4-5,7H,3H2,1-2H3,(H,14,16)/t7-/m0/s1. The molecule has 16 heavy (non-hydrogen) atoms. The van der Waals surface area contributed by atoms with Crippen molar-refractivity contribution in [2.24, 2.45) is 7.05 Å². The maximum absolute atomic E-state index is 12.4. The molecule has 0 spiro atoms. The van der Waals surface area contributed by atoms with Gasteiger partial charge in [0, 0.05) is 13.2 Å². The highest BCUT2D eigenvalue weighted by atomic mass is 19.4. The average molecular weight is 235 g/mol. The lowest BCUT2D eigenvalue weighted by Gasteiger charge is -2.19. The van der Waals surface area contributed by atoms with Crippen molar-refractivity contribution < 1.29 is 18.0 Å². The van der Waals surface area contributed by atoms with Crippen molar-refractivity contribution in [1.82, 2.24) is 15.1 Å². The number of rotatable bonds is 3. The molecule has 0 radical (unpaired) electrons. The lowest BCUT2D eigenvalue weighted by atomic mass is 10.2. The van der Waals surface area contributed by atoms with Gasteiger partial charge in [-0.2, -0.15) is 18.3 Å². The van der Waals surface area contributed by atoms with Crippen molar-refractivity contribution >= 4 is 5.91 Å². The second kappa shape index (κ2) is 4.54. The number of carbonyl (C=O) groups is 1. The van der Waals surface area contributed by atoms with E-state index >= 15 is 0 Å². The molecule has 1 aromatic heterocycles. The third-order valence-electron chi connectivity index (χ3n) is 2.16. The van der Waals surface area contributed by atoms with E-state index < -0.39 is 18.1 Å². The van der Waals surface area contributed by atoms with Gasteiger partial charge in [-0.25, -0.2) is 0 Å². The Balaban J connectivity index is 2.74. The highest BCUT2D eigenvalue weighted by Crippen LogP contribution is 2.22. The summed E-state index contributed by atoms with van der Waals surface area (Å²) in [6, 6.07) is -0.465. The first kappa shape index (κ1) is 12.5. The Morgan fingerprint density at radius 2 is 2.25 bits per heavy atom. The number of aromatic nitrogens is 2. The SMILES string of the molecule is CC[C@H](NC(=O)c1ccnn1C)C(F)(F)F. The summed E-state index contributed by atoms with van der Waals surface area (Å²) >= 11 is 0. The molecule has 1 amide bonds. The Labute approximate surface area is 90.4 Å². The Kier molecular flexibility index (Phi) is 3.56. The van der Waals surface area contributed by atoms with Crippen LogP contribution in [0.2, 0.25) is 0 Å². The minimum atomic E-state index is -4.43. The summed E-state index contributed by atoms with van der Waals surface area (Å²) < 4.78 is 38.4. The molecule has 0 unspecified atom stereocenters. The zero-order valence-corrected chi connectivity index (χ0v) is 8.88. The van der Waals surface area contributed by atoms with Gasteiger partial charge in [0.2, 0.25) is 0 Å². The van der Waals surface area contributed by atoms with Gasteiger partial charge in [-0.3, -0.25) is 9.48 Å². The molecule has 0 aliphatic rings. The van der Waals surface area contributed by atoms with Crippen LogP contribution < -0.4 is 5.32 Å². The highest BCUT2D eigenvalue weighted by Gasteiger charge is 2.39. The Morgan fingerprint density at radius 3 is 2.62 bits per heavy atom. The molecule has 1 N–H and O–H groups in total. The molecule has 1 heterocycles. The third-order valence-corrected chi connectivity index (χ3v) is 2.16. The van der Waals surface area contributed by atoms with Crippen molar-refractivity contribution in [2.45, 2.75) is 25.6 Å². The fraction of sp³-hybridized carbons (Fsp3) is 0.556. The van der Waals surface area contributed by atoms with Gasteiger partial charge in [-0.1, -0.05) is 6.92 Å². The third kappa shape index (κ3) is 2.74. The predicted molar refractivity (Wildman–Crippen MR) is 50.8 cm³/mol. The maximum Gasteiger partial charge on any atom is 0.408 e. The summed E-state index contributed by atoms with van der Waals surface area (Å²) in [4.78, 5) is 11.5. The normalized spacial score (nSPS) is 13.6. The van der Waals surface area contributed by atoms with E-state index in [9.17, 15) is 18.0 Å². The molecule has 7 heteroatoms. The van der Waals surface area contributed by atoms with Gasteiger partial charge in [-0.05, 0) is 12.5 Å². The van der Waals surface area contributed by atoms with Crippen molar-refractivity contribution in [3.63, 3.8) is 0 Å². The number of carbonyl (C=O) groups excluding carboxylic acids is 1. The zero-order chi connectivity index (χ0) is 12.3. The summed E-state index contributed by atoms with van der Waals surface area (Å²) in [5, 5.41) is 5.63. The molecule has 0 saturated heterocycles. The zero-order valence-electron chi connectivity index (χ0n) is 8.88. The van der Waals surface area contributed by atoms with Crippen molar-refractivity contribution in [3.05, 3.63) is 18.0 Å². The molecule has 0 fully saturated rings. The van der Waals surface area contributed by atoms with E-state index in [2.05, 4.69) is 5.10 Å². The Morgan fingerprint density at radius 1 is 1.62 bits per heavy atom. The number of nitrogens with one attached hydrogen (secondary N) is 1. The number of hydrogen-bond acceptors (Lipinski definition) is 2. The van der Waals surface area contributed by atoms with Crippen LogP contribution in [-0.2, 0) is 7.05 Å². The maximum atomic E-state index is 12.4. The summed E-state index contributed by atoms with van der Waals surface area (Å²) in [6.45, 7) is 1.36. The quantitative estimate of drug-likeness (QED) is 0.862. The van der Waals surface area contributed by atoms with Crippen LogP contribution in [0.5, 0.6) is 0 Å². The van der Waals surface area contributed by atoms with E-state index in [0.717, 1.165) is 0 Å². The van der Waals surface area contributed by atoms with Crippen LogP contribution in [0.3, 0.4) is 0 Å². The molecule has 0 aromatic carbocycles. The molecule has 1 rings (SSSR count). The topological polar surface area (TPSA) is 46.9 Å². The molecule has 0 bridgehead atoms. The molecule has 1 atom stereocenters. The van der Waals surface area contributed by atoms with E-state index in [1.54, 1.807) is 0 Å². The van der Waals surface area contributed by atoms with E-state index in [1.807, 2.05) is 5.32 Å². The second-order valence-electron chi connectivity index (χ2n) is 3.32. The fourth-order valence-electron chi connectivity index (χ4n) is 1.24. The molecule has 0 saturated carbocycles. The largest absolute Gasteiger partial charge is 0.408 e. The molecule has 0 aliphatic heterocycles. The van der Waals surface area contributed by atoms with E-state index in [0.29, 0.717) is 0 Å². The molecular formula is C9H12F3N3O. The first-order valence-electron chi connectivity index (χ1n) is 4.71. The van der Waals surface area contributed by atoms with Crippen LogP contribution in [-0.4, -0.2) is 27.9 Å². The Bertz CT molecular complexity index is 372. The Hall–Kier alpha value is -1.53. The smallest absolute Gasteiger partial charge is 0.339 e. The van der Waals surface area contributed by atoms with Gasteiger partial charge in [0.15, 0.2) is 0 Å². The number of amides is 1. The van der Waals surface area contributed by atoms with Gasteiger partial charge in [-0.15, -0.1) is 0 Å². The first-order chi connectivity index (χ1) is 7.36. The van der Waals surface area contributed by atoms with Crippen LogP contribution >= 0.6 is 0 Å². The van der Waals surface area contributed by atoms with Crippen LogP contribution in [0.1, 0.15) is 23.8 Å². The van der Waals surface area contributed by atoms with E-state index in [4.69, 9.17) is 0 Å². The van der Waals surface area contributed by atoms with E-state index in [1.165, 1.54) is 30.9 Å². The summed E-state index contributed by atoms with van der Waals surface area (Å²) in [5.74, 6) is -0.774. The molecule has 0 aliphatic carbocycles. The molecular weight excluding hydrogens is 223 g/mol. The fourth-order valence-corrected chi connectivity index (χ4v) is 1.24. The summed E-state index contributed by atoms with van der Waals surface area (Å²) in [6.07, 6.45) is -3.28. The number of nitrogens with zero attached hydrogens (tertiary/aromatic N) is 2. The average Bonchev–Trinajstić information content (AvgIpc) is 2.58. The predicted octanol–water partition coefficient (Wildman–Crippen LogP) is 1.49. The van der Waals surface area contributed by atoms with Crippen LogP contribution in [0, 0.1) is 0 Å². The van der Waals surface area contributed by atoms with Crippen LogP contribution in [0.25, 0.3) is 0 Å². The van der Waals surface area contributed by atoms with Crippen molar-refractivity contribution in [2.75, 3.05) is 0 Å². The molecule has 1 aromatic rings. The van der Waals surface area contributed by atoms with Gasteiger partial charge in [0.25, 0.3) is 5.91 Å². The minimum absolute atomic E-state index is 0.0997. The lowest BCUT2D eigenvalue weighted by Crippen LogP contribution is -2.45. The number of alkyl halides is 3. The van der Waals surface area contributed by atoms with Gasteiger partial charge < -0.3 is 5.32 Å². The van der Waals surface area contributed by atoms with Crippen molar-refractivity contribution in [1.29, 1.82) is 0 Å². The number of halogens is 3. The summed E-state index contributed by atoms with van der Waals surface area (Å²) in [7, 11) is 1.49. The van der Waals surface area contributed by atoms with Crippen LogP contribution in [0.4, 0.5) is 13.2 Å². The minimum Gasteiger partial charge on any atom is -0.339 e.